The predicted octanol–water partition coefficient (Wildman–Crippen LogP) is 3.05. The normalized spacial score (nSPS) is 14.7. The molecule has 2 aromatic carbocycles. The van der Waals surface area contributed by atoms with Gasteiger partial charge in [0.1, 0.15) is 5.69 Å². The lowest BCUT2D eigenvalue weighted by atomic mass is 10.0. The zero-order valence-electron chi connectivity index (χ0n) is 22.5. The number of hydrogen-bond donors (Lipinski definition) is 3. The fraction of sp³-hybridized carbons (Fsp3) is 0.300. The number of para-hydroxylation sites is 1. The number of aromatic amines is 2. The maximum atomic E-state index is 13.3. The van der Waals surface area contributed by atoms with Gasteiger partial charge in [0, 0.05) is 48.4 Å². The molecular weight excluding hydrogens is 512 g/mol. The van der Waals surface area contributed by atoms with Crippen LogP contribution in [0.2, 0.25) is 0 Å². The van der Waals surface area contributed by atoms with Gasteiger partial charge in [-0.2, -0.15) is 0 Å². The Hall–Kier alpha value is -4.73. The Morgan fingerprint density at radius 3 is 2.65 bits per heavy atom. The van der Waals surface area contributed by atoms with E-state index in [0.29, 0.717) is 43.9 Å². The molecule has 0 radical (unpaired) electrons. The van der Waals surface area contributed by atoms with Gasteiger partial charge in [-0.05, 0) is 42.2 Å². The number of pyridine rings is 1. The fourth-order valence-corrected chi connectivity index (χ4v) is 5.00. The first-order valence-electron chi connectivity index (χ1n) is 13.2. The summed E-state index contributed by atoms with van der Waals surface area (Å²) in [5, 5.41) is 4.07. The van der Waals surface area contributed by atoms with Crippen molar-refractivity contribution >= 4 is 22.7 Å². The van der Waals surface area contributed by atoms with Crippen molar-refractivity contribution in [1.82, 2.24) is 20.2 Å². The highest BCUT2D eigenvalue weighted by Gasteiger charge is 2.21. The van der Waals surface area contributed by atoms with Crippen LogP contribution in [0.3, 0.4) is 0 Å². The molecule has 0 fully saturated rings. The first-order valence-corrected chi connectivity index (χ1v) is 13.2. The molecule has 0 spiro atoms. The van der Waals surface area contributed by atoms with Gasteiger partial charge in [-0.1, -0.05) is 24.3 Å². The summed E-state index contributed by atoms with van der Waals surface area (Å²) in [6.07, 6.45) is 3.08. The molecular formula is C30H32N4O6. The number of benzene rings is 2. The number of rotatable bonds is 3. The van der Waals surface area contributed by atoms with Crippen LogP contribution in [0.1, 0.15) is 33.7 Å². The van der Waals surface area contributed by atoms with Crippen molar-refractivity contribution in [1.29, 1.82) is 0 Å². The second-order valence-electron chi connectivity index (χ2n) is 9.60. The molecule has 40 heavy (non-hydrogen) atoms. The lowest BCUT2D eigenvalue weighted by Crippen LogP contribution is -2.42. The Morgan fingerprint density at radius 2 is 1.85 bits per heavy atom. The minimum absolute atomic E-state index is 0.0757. The number of fused-ring (bicyclic) bond motifs is 5. The van der Waals surface area contributed by atoms with Crippen molar-refractivity contribution in [2.75, 3.05) is 40.5 Å². The molecule has 0 saturated heterocycles. The molecule has 208 valence electrons. The third kappa shape index (κ3) is 5.80. The minimum Gasteiger partial charge on any atom is -0.493 e. The molecule has 2 bridgehead atoms. The molecule has 0 atom stereocenters. The van der Waals surface area contributed by atoms with E-state index in [1.54, 1.807) is 7.11 Å². The van der Waals surface area contributed by atoms with Gasteiger partial charge in [-0.25, -0.2) is 0 Å². The Labute approximate surface area is 231 Å². The third-order valence-electron chi connectivity index (χ3n) is 6.99. The summed E-state index contributed by atoms with van der Waals surface area (Å²) in [6, 6.07) is 15.2. The molecule has 2 aromatic heterocycles. The largest absolute Gasteiger partial charge is 0.493 e. The van der Waals surface area contributed by atoms with E-state index in [1.165, 1.54) is 24.3 Å². The Morgan fingerprint density at radius 1 is 1.02 bits per heavy atom. The highest BCUT2D eigenvalue weighted by molar-refractivity contribution is 5.95. The van der Waals surface area contributed by atoms with Crippen LogP contribution in [0.5, 0.6) is 17.2 Å². The number of carbonyl (C=O) groups excluding carboxylic acids is 2. The van der Waals surface area contributed by atoms with Crippen molar-refractivity contribution in [2.24, 2.45) is 0 Å². The summed E-state index contributed by atoms with van der Waals surface area (Å²) in [5.41, 5.74) is 3.94. The number of nitrogens with zero attached hydrogens (tertiary/aromatic N) is 1. The Bertz CT molecular complexity index is 1590. The minimum atomic E-state index is -0.463. The molecule has 1 aliphatic rings. The van der Waals surface area contributed by atoms with E-state index in [9.17, 15) is 14.4 Å². The average molecular weight is 545 g/mol. The Kier molecular flexibility index (Phi) is 8.04. The van der Waals surface area contributed by atoms with E-state index in [-0.39, 0.29) is 30.4 Å². The van der Waals surface area contributed by atoms with Crippen LogP contribution in [0, 0.1) is 0 Å². The average Bonchev–Trinajstić information content (AvgIpc) is 3.30. The molecule has 4 aromatic rings. The van der Waals surface area contributed by atoms with Crippen molar-refractivity contribution in [3.05, 3.63) is 87.5 Å². The first-order chi connectivity index (χ1) is 19.5. The van der Waals surface area contributed by atoms with Gasteiger partial charge in [-0.15, -0.1) is 0 Å². The van der Waals surface area contributed by atoms with Gasteiger partial charge in [0.15, 0.2) is 17.2 Å². The maximum absolute atomic E-state index is 13.3. The molecule has 5 rings (SSSR count). The fourth-order valence-electron chi connectivity index (χ4n) is 5.00. The van der Waals surface area contributed by atoms with Gasteiger partial charge >= 0.3 is 0 Å². The summed E-state index contributed by atoms with van der Waals surface area (Å²) in [7, 11) is 2.98. The third-order valence-corrected chi connectivity index (χ3v) is 6.99. The number of amides is 2. The second kappa shape index (κ2) is 12.0. The van der Waals surface area contributed by atoms with Gasteiger partial charge in [-0.3, -0.25) is 14.4 Å². The number of H-pyrrole nitrogens is 2. The highest BCUT2D eigenvalue weighted by atomic mass is 16.5. The van der Waals surface area contributed by atoms with Crippen LogP contribution < -0.4 is 25.0 Å². The maximum Gasteiger partial charge on any atom is 0.270 e. The number of carbonyl (C=O) groups is 2. The zero-order chi connectivity index (χ0) is 28.1. The van der Waals surface area contributed by atoms with Crippen molar-refractivity contribution in [3.8, 4) is 17.2 Å². The molecule has 10 nitrogen and oxygen atoms in total. The summed E-state index contributed by atoms with van der Waals surface area (Å²) >= 11 is 0. The van der Waals surface area contributed by atoms with E-state index < -0.39 is 11.3 Å². The van der Waals surface area contributed by atoms with E-state index >= 15 is 0 Å². The zero-order valence-corrected chi connectivity index (χ0v) is 22.5. The molecule has 3 heterocycles. The van der Waals surface area contributed by atoms with Gasteiger partial charge < -0.3 is 34.4 Å². The topological polar surface area (TPSA) is 126 Å². The molecule has 10 heteroatoms. The number of nitrogens with one attached hydrogen (secondary N) is 3. The summed E-state index contributed by atoms with van der Waals surface area (Å²) in [5.74, 6) is 0.577. The van der Waals surface area contributed by atoms with Crippen LogP contribution in [-0.2, 0) is 17.6 Å². The van der Waals surface area contributed by atoms with Crippen LogP contribution in [0.25, 0.3) is 10.9 Å². The highest BCUT2D eigenvalue weighted by Crippen LogP contribution is 2.31. The molecule has 3 N–H and O–H groups in total. The molecule has 0 aliphatic carbocycles. The second-order valence-corrected chi connectivity index (χ2v) is 9.60. The summed E-state index contributed by atoms with van der Waals surface area (Å²) < 4.78 is 16.6. The Balaban J connectivity index is 1.44. The number of ether oxygens (including phenoxy) is 3. The van der Waals surface area contributed by atoms with Crippen LogP contribution in [-0.4, -0.2) is 67.1 Å². The number of methoxy groups -OCH3 is 2. The first kappa shape index (κ1) is 26.9. The molecule has 0 unspecified atom stereocenters. The van der Waals surface area contributed by atoms with Crippen molar-refractivity contribution < 1.29 is 23.8 Å². The smallest absolute Gasteiger partial charge is 0.270 e. The van der Waals surface area contributed by atoms with E-state index in [1.807, 2.05) is 36.4 Å². The lowest BCUT2D eigenvalue weighted by molar-refractivity contribution is -0.121. The standard InChI is InChI=1S/C30H32N4O6/c1-38-26-9-8-19-14-23-21(20-6-3-4-7-22(20)33-23)10-11-31-29(36)18-34(12-5-13-40-27(26)15-19)30(37)24-16-25(35)28(39-2)17-32-24/h3-4,6-9,15-17,33H,5,10-14,18H2,1-2H3,(H,31,36)(H,32,35). The van der Waals surface area contributed by atoms with Crippen LogP contribution in [0.15, 0.2) is 59.5 Å². The summed E-state index contributed by atoms with van der Waals surface area (Å²) in [4.78, 5) is 46.3. The number of hydrogen-bond acceptors (Lipinski definition) is 6. The monoisotopic (exact) mass is 544 g/mol. The number of aromatic nitrogens is 2. The lowest BCUT2D eigenvalue weighted by Gasteiger charge is -2.23. The van der Waals surface area contributed by atoms with E-state index in [2.05, 4.69) is 21.4 Å². The summed E-state index contributed by atoms with van der Waals surface area (Å²) in [6.45, 7) is 0.787. The predicted molar refractivity (Wildman–Crippen MR) is 150 cm³/mol. The quantitative estimate of drug-likeness (QED) is 0.364. The van der Waals surface area contributed by atoms with Gasteiger partial charge in [0.05, 0.1) is 27.4 Å². The van der Waals surface area contributed by atoms with Crippen molar-refractivity contribution in [2.45, 2.75) is 19.3 Å². The van der Waals surface area contributed by atoms with Gasteiger partial charge in [0.2, 0.25) is 11.3 Å². The van der Waals surface area contributed by atoms with Gasteiger partial charge in [0.25, 0.3) is 5.91 Å². The van der Waals surface area contributed by atoms with Crippen LogP contribution in [0.4, 0.5) is 0 Å². The van der Waals surface area contributed by atoms with Crippen LogP contribution >= 0.6 is 0 Å². The van der Waals surface area contributed by atoms with Crippen molar-refractivity contribution in [3.63, 3.8) is 0 Å². The molecule has 0 saturated carbocycles. The molecule has 1 aliphatic heterocycles. The van der Waals surface area contributed by atoms with E-state index in [4.69, 9.17) is 14.2 Å². The molecule has 2 amide bonds. The van der Waals surface area contributed by atoms with E-state index in [0.717, 1.165) is 27.7 Å². The SMILES string of the molecule is COc1ccc2cc1OCCCN(C(=O)c1cc(=O)c(OC)c[nH]1)CC(=O)NCCc1c([nH]c3ccccc13)C2.